The van der Waals surface area contributed by atoms with Gasteiger partial charge in [-0.25, -0.2) is 9.07 Å². The fourth-order valence-corrected chi connectivity index (χ4v) is 1.53. The van der Waals surface area contributed by atoms with Gasteiger partial charge >= 0.3 is 29.6 Å². The molecule has 5 nitrogen and oxygen atoms in total. The number of nitrogens with zero attached hydrogens (tertiary/aromatic N) is 2. The molecule has 1 aromatic carbocycles. The molecule has 0 saturated heterocycles. The van der Waals surface area contributed by atoms with Gasteiger partial charge in [-0.3, -0.25) is 4.79 Å². The Balaban J connectivity index is 0.00000180. The Hall–Kier alpha value is -1.50. The molecule has 0 unspecified atom stereocenters. The van der Waals surface area contributed by atoms with Gasteiger partial charge < -0.3 is 9.90 Å². The van der Waals surface area contributed by atoms with E-state index in [2.05, 4.69) is 5.10 Å². The Kier molecular flexibility index (Phi) is 4.99. The quantitative estimate of drug-likeness (QED) is 0.547. The van der Waals surface area contributed by atoms with E-state index in [9.17, 15) is 19.1 Å². The van der Waals surface area contributed by atoms with Crippen molar-refractivity contribution < 1.29 is 43.8 Å². The molecule has 0 fully saturated rings. The second-order valence-electron chi connectivity index (χ2n) is 3.67. The number of carbonyl (C=O) groups is 1. The van der Waals surface area contributed by atoms with Crippen molar-refractivity contribution in [3.8, 4) is 5.69 Å². The summed E-state index contributed by atoms with van der Waals surface area (Å²) in [7, 11) is 0. The average molecular weight is 270 g/mol. The minimum absolute atomic E-state index is 0. The molecule has 1 aromatic heterocycles. The van der Waals surface area contributed by atoms with Gasteiger partial charge in [-0.15, -0.1) is 0 Å². The average Bonchev–Trinajstić information content (AvgIpc) is 2.30. The molecule has 0 aliphatic heterocycles. The first-order valence-corrected chi connectivity index (χ1v) is 5.07. The van der Waals surface area contributed by atoms with Gasteiger partial charge in [0.1, 0.15) is 5.82 Å². The predicted molar refractivity (Wildman–Crippen MR) is 58.9 cm³/mol. The van der Waals surface area contributed by atoms with Crippen LogP contribution in [0.2, 0.25) is 0 Å². The first-order valence-electron chi connectivity index (χ1n) is 5.07. The molecule has 1 heterocycles. The van der Waals surface area contributed by atoms with Crippen LogP contribution in [-0.4, -0.2) is 15.7 Å². The van der Waals surface area contributed by atoms with Crippen molar-refractivity contribution in [3.63, 3.8) is 0 Å². The molecule has 2 aromatic rings. The zero-order chi connectivity index (χ0) is 13.3. The molecule has 2 rings (SSSR count). The molecule has 0 aliphatic carbocycles. The number of hydrogen-bond acceptors (Lipinski definition) is 4. The van der Waals surface area contributed by atoms with Crippen LogP contribution < -0.4 is 40.1 Å². The maximum atomic E-state index is 12.8. The molecule has 0 atom stereocenters. The van der Waals surface area contributed by atoms with E-state index in [1.54, 1.807) is 6.92 Å². The zero-order valence-corrected chi connectivity index (χ0v) is 12.4. The van der Waals surface area contributed by atoms with Crippen LogP contribution in [0.15, 0.2) is 35.1 Å². The number of aromatic carboxylic acids is 1. The number of halogens is 1. The number of carboxylic acids is 1. The Bertz CT molecular complexity index is 668. The van der Waals surface area contributed by atoms with E-state index in [1.807, 2.05) is 0 Å². The molecule has 19 heavy (non-hydrogen) atoms. The Labute approximate surface area is 130 Å². The number of benzene rings is 1. The van der Waals surface area contributed by atoms with Gasteiger partial charge in [0.05, 0.1) is 11.7 Å². The normalized spacial score (nSPS) is 9.79. The van der Waals surface area contributed by atoms with Gasteiger partial charge in [0.2, 0.25) is 5.43 Å². The van der Waals surface area contributed by atoms with Gasteiger partial charge in [-0.05, 0) is 31.2 Å². The molecule has 0 saturated carbocycles. The fourth-order valence-electron chi connectivity index (χ4n) is 1.53. The third-order valence-corrected chi connectivity index (χ3v) is 2.37. The standard InChI is InChI=1S/C12H9FN2O3.Na/c1-7-6-10(16)11(12(17)18)14-15(7)9-4-2-8(13)3-5-9;/h2-6H,1H3,(H,17,18);/q;+1/p-1. The number of carboxylic acid groups (broad SMARTS) is 1. The van der Waals surface area contributed by atoms with Crippen molar-refractivity contribution in [1.29, 1.82) is 0 Å². The first kappa shape index (κ1) is 15.6. The maximum absolute atomic E-state index is 12.8. The first-order chi connectivity index (χ1) is 8.49. The SMILES string of the molecule is Cc1cc(=O)c(C(=O)[O-])nn1-c1ccc(F)cc1.[Na+]. The van der Waals surface area contributed by atoms with Crippen LogP contribution in [0.3, 0.4) is 0 Å². The van der Waals surface area contributed by atoms with E-state index in [4.69, 9.17) is 0 Å². The molecule has 0 bridgehead atoms. The van der Waals surface area contributed by atoms with Crippen LogP contribution in [0, 0.1) is 12.7 Å². The molecule has 0 amide bonds. The maximum Gasteiger partial charge on any atom is 1.00 e. The van der Waals surface area contributed by atoms with Crippen LogP contribution >= 0.6 is 0 Å². The van der Waals surface area contributed by atoms with Crippen LogP contribution in [0.25, 0.3) is 5.69 Å². The summed E-state index contributed by atoms with van der Waals surface area (Å²) in [6, 6.07) is 6.43. The monoisotopic (exact) mass is 270 g/mol. The molecule has 0 radical (unpaired) electrons. The number of rotatable bonds is 2. The van der Waals surface area contributed by atoms with Crippen LogP contribution in [0.1, 0.15) is 16.2 Å². The zero-order valence-electron chi connectivity index (χ0n) is 10.4. The summed E-state index contributed by atoms with van der Waals surface area (Å²) in [5.41, 5.74) is -0.496. The molecule has 0 spiro atoms. The minimum Gasteiger partial charge on any atom is -0.543 e. The van der Waals surface area contributed by atoms with Crippen molar-refractivity contribution in [2.24, 2.45) is 0 Å². The van der Waals surface area contributed by atoms with E-state index in [1.165, 1.54) is 28.9 Å². The summed E-state index contributed by atoms with van der Waals surface area (Å²) in [4.78, 5) is 22.1. The number of aryl methyl sites for hydroxylation is 1. The molecule has 92 valence electrons. The number of aromatic nitrogens is 2. The summed E-state index contributed by atoms with van der Waals surface area (Å²) in [6.45, 7) is 1.59. The Morgan fingerprint density at radius 3 is 2.42 bits per heavy atom. The summed E-state index contributed by atoms with van der Waals surface area (Å²) in [6.07, 6.45) is 0. The third kappa shape index (κ3) is 3.28. The van der Waals surface area contributed by atoms with Crippen molar-refractivity contribution in [2.75, 3.05) is 0 Å². The summed E-state index contributed by atoms with van der Waals surface area (Å²) >= 11 is 0. The Morgan fingerprint density at radius 2 is 1.89 bits per heavy atom. The van der Waals surface area contributed by atoms with Crippen LogP contribution in [0.4, 0.5) is 4.39 Å². The van der Waals surface area contributed by atoms with Crippen molar-refractivity contribution >= 4 is 5.97 Å². The predicted octanol–water partition coefficient (Wildman–Crippen LogP) is -2.95. The molecular formula is C12H8FN2NaO3. The molecular weight excluding hydrogens is 262 g/mol. The van der Waals surface area contributed by atoms with Crippen molar-refractivity contribution in [2.45, 2.75) is 6.92 Å². The molecule has 0 N–H and O–H groups in total. The third-order valence-electron chi connectivity index (χ3n) is 2.37. The van der Waals surface area contributed by atoms with Crippen LogP contribution in [0.5, 0.6) is 0 Å². The molecule has 7 heteroatoms. The largest absolute Gasteiger partial charge is 1.00 e. The van der Waals surface area contributed by atoms with Gasteiger partial charge in [0, 0.05) is 11.8 Å². The van der Waals surface area contributed by atoms with E-state index in [0.29, 0.717) is 11.4 Å². The van der Waals surface area contributed by atoms with Gasteiger partial charge in [-0.2, -0.15) is 5.10 Å². The van der Waals surface area contributed by atoms with E-state index in [-0.39, 0.29) is 29.6 Å². The fraction of sp³-hybridized carbons (Fsp3) is 0.0833. The van der Waals surface area contributed by atoms with Gasteiger partial charge in [-0.1, -0.05) is 0 Å². The number of hydrogen-bond donors (Lipinski definition) is 0. The topological polar surface area (TPSA) is 75.0 Å². The van der Waals surface area contributed by atoms with Crippen LogP contribution in [-0.2, 0) is 0 Å². The minimum atomic E-state index is -1.64. The van der Waals surface area contributed by atoms with Gasteiger partial charge in [0.25, 0.3) is 0 Å². The smallest absolute Gasteiger partial charge is 0.543 e. The second kappa shape index (κ2) is 6.10. The number of carbonyl (C=O) groups excluding carboxylic acids is 1. The molecule has 0 aliphatic rings. The summed E-state index contributed by atoms with van der Waals surface area (Å²) < 4.78 is 14.0. The second-order valence-corrected chi connectivity index (χ2v) is 3.67. The summed E-state index contributed by atoms with van der Waals surface area (Å²) in [5, 5.41) is 14.4. The summed E-state index contributed by atoms with van der Waals surface area (Å²) in [5.74, 6) is -2.06. The van der Waals surface area contributed by atoms with E-state index < -0.39 is 22.9 Å². The van der Waals surface area contributed by atoms with E-state index in [0.717, 1.165) is 6.07 Å². The Morgan fingerprint density at radius 1 is 1.32 bits per heavy atom. The van der Waals surface area contributed by atoms with E-state index >= 15 is 0 Å². The van der Waals surface area contributed by atoms with Gasteiger partial charge in [0.15, 0.2) is 5.69 Å². The van der Waals surface area contributed by atoms with Crippen molar-refractivity contribution in [3.05, 3.63) is 57.8 Å². The van der Waals surface area contributed by atoms with Crippen molar-refractivity contribution in [1.82, 2.24) is 9.78 Å².